The number of anilines is 1. The van der Waals surface area contributed by atoms with Crippen LogP contribution in [-0.4, -0.2) is 35.2 Å². The first-order valence-corrected chi connectivity index (χ1v) is 8.69. The number of Topliss-reactive ketones (excluding diaryl/α,β-unsaturated/α-hetero) is 1. The molecule has 0 aromatic heterocycles. The predicted molar refractivity (Wildman–Crippen MR) is 92.8 cm³/mol. The average molecular weight is 398 g/mol. The van der Waals surface area contributed by atoms with Crippen molar-refractivity contribution in [1.29, 1.82) is 0 Å². The lowest BCUT2D eigenvalue weighted by molar-refractivity contribution is -0.490. The second-order valence-electron chi connectivity index (χ2n) is 6.86. The van der Waals surface area contributed by atoms with Gasteiger partial charge in [0.05, 0.1) is 6.42 Å². The van der Waals surface area contributed by atoms with Crippen molar-refractivity contribution >= 4 is 23.3 Å². The Morgan fingerprint density at radius 3 is 2.54 bits per heavy atom. The molecule has 0 spiro atoms. The lowest BCUT2D eigenvalue weighted by Crippen LogP contribution is -2.33. The molecular weight excluding hydrogens is 378 g/mol. The molecule has 0 bridgehead atoms. The Bertz CT molecular complexity index is 780. The van der Waals surface area contributed by atoms with Gasteiger partial charge in [-0.2, -0.15) is 0 Å². The van der Waals surface area contributed by atoms with Crippen LogP contribution in [0.3, 0.4) is 0 Å². The summed E-state index contributed by atoms with van der Waals surface area (Å²) in [5.74, 6) is -5.76. The van der Waals surface area contributed by atoms with Gasteiger partial charge in [-0.15, -0.1) is 0 Å². The zero-order valence-corrected chi connectivity index (χ0v) is 15.3. The number of carbonyl (C=O) groups excluding carboxylic acids is 3. The Kier molecular flexibility index (Phi) is 6.76. The first-order chi connectivity index (χ1) is 13.1. The Balaban J connectivity index is 1.97. The van der Waals surface area contributed by atoms with E-state index >= 15 is 0 Å². The first kappa shape index (κ1) is 21.4. The third-order valence-corrected chi connectivity index (χ3v) is 4.82. The highest BCUT2D eigenvalue weighted by Gasteiger charge is 2.44. The van der Waals surface area contributed by atoms with Gasteiger partial charge in [-0.3, -0.25) is 24.5 Å². The molecule has 1 aliphatic carbocycles. The number of carbonyl (C=O) groups is 3. The van der Waals surface area contributed by atoms with Gasteiger partial charge in [0.1, 0.15) is 23.1 Å². The summed E-state index contributed by atoms with van der Waals surface area (Å²) in [6, 6.07) is 3.04. The highest BCUT2D eigenvalue weighted by atomic mass is 19.1. The van der Waals surface area contributed by atoms with Gasteiger partial charge >= 0.3 is 5.97 Å². The highest BCUT2D eigenvalue weighted by Crippen LogP contribution is 2.36. The number of para-hydroxylation sites is 1. The second kappa shape index (κ2) is 8.85. The molecule has 0 saturated heterocycles. The zero-order chi connectivity index (χ0) is 21.0. The molecule has 1 fully saturated rings. The summed E-state index contributed by atoms with van der Waals surface area (Å²) < 4.78 is 32.1. The van der Waals surface area contributed by atoms with E-state index in [9.17, 15) is 33.3 Å². The third kappa shape index (κ3) is 5.08. The number of hydrogen-bond donors (Lipinski definition) is 1. The number of amides is 1. The van der Waals surface area contributed by atoms with E-state index in [1.165, 1.54) is 6.92 Å². The van der Waals surface area contributed by atoms with Gasteiger partial charge in [-0.25, -0.2) is 8.78 Å². The van der Waals surface area contributed by atoms with Gasteiger partial charge in [-0.05, 0) is 25.0 Å². The Morgan fingerprint density at radius 1 is 1.36 bits per heavy atom. The fourth-order valence-corrected chi connectivity index (χ4v) is 3.32. The molecule has 28 heavy (non-hydrogen) atoms. The van der Waals surface area contributed by atoms with Gasteiger partial charge in [0, 0.05) is 23.2 Å². The molecule has 2 rings (SSSR count). The second-order valence-corrected chi connectivity index (χ2v) is 6.86. The van der Waals surface area contributed by atoms with Crippen LogP contribution in [0.15, 0.2) is 18.2 Å². The van der Waals surface area contributed by atoms with E-state index in [0.717, 1.165) is 18.2 Å². The molecule has 0 unspecified atom stereocenters. The van der Waals surface area contributed by atoms with Gasteiger partial charge in [0.2, 0.25) is 6.54 Å². The Labute approximate surface area is 159 Å². The summed E-state index contributed by atoms with van der Waals surface area (Å²) in [5.41, 5.74) is -0.666. The molecule has 10 heteroatoms. The van der Waals surface area contributed by atoms with Crippen LogP contribution in [0.25, 0.3) is 0 Å². The molecule has 1 amide bonds. The number of ether oxygens (including phenoxy) is 1. The SMILES string of the molecule is C[C@H](OC(=O)C[C@@H]1C(=O)C[C@H](C)[C@H]1C[N+](=O)[O-])C(=O)Nc1c(F)cccc1F. The van der Waals surface area contributed by atoms with Gasteiger partial charge in [0.15, 0.2) is 6.10 Å². The van der Waals surface area contributed by atoms with Crippen molar-refractivity contribution in [1.82, 2.24) is 0 Å². The third-order valence-electron chi connectivity index (χ3n) is 4.82. The molecule has 1 aromatic carbocycles. The largest absolute Gasteiger partial charge is 0.453 e. The first-order valence-electron chi connectivity index (χ1n) is 8.69. The quantitative estimate of drug-likeness (QED) is 0.428. The number of rotatable bonds is 7. The van der Waals surface area contributed by atoms with Crippen molar-refractivity contribution in [2.24, 2.45) is 17.8 Å². The van der Waals surface area contributed by atoms with E-state index in [-0.39, 0.29) is 18.1 Å². The Morgan fingerprint density at radius 2 is 1.96 bits per heavy atom. The van der Waals surface area contributed by atoms with Crippen LogP contribution < -0.4 is 5.32 Å². The summed E-state index contributed by atoms with van der Waals surface area (Å²) in [7, 11) is 0. The number of nitrogens with one attached hydrogen (secondary N) is 1. The number of ketones is 1. The van der Waals surface area contributed by atoms with Gasteiger partial charge < -0.3 is 10.1 Å². The van der Waals surface area contributed by atoms with E-state index in [4.69, 9.17) is 4.74 Å². The van der Waals surface area contributed by atoms with Crippen LogP contribution in [0.2, 0.25) is 0 Å². The lowest BCUT2D eigenvalue weighted by Gasteiger charge is -2.19. The lowest BCUT2D eigenvalue weighted by atomic mass is 9.88. The molecule has 4 atom stereocenters. The maximum atomic E-state index is 13.6. The van der Waals surface area contributed by atoms with E-state index in [1.54, 1.807) is 6.92 Å². The standard InChI is InChI=1S/C18H20F2N2O6/c1-9-6-15(23)11(12(9)8-22(26)27)7-16(24)28-10(2)18(25)21-17-13(19)4-3-5-14(17)20/h3-5,9-12H,6-8H2,1-2H3,(H,21,25)/t9-,10-,11-,12+/m0/s1. The van der Waals surface area contributed by atoms with E-state index in [0.29, 0.717) is 0 Å². The van der Waals surface area contributed by atoms with Gasteiger partial charge in [0.25, 0.3) is 5.91 Å². The molecule has 1 aliphatic rings. The summed E-state index contributed by atoms with van der Waals surface area (Å²) in [5, 5.41) is 12.8. The fraction of sp³-hybridized carbons (Fsp3) is 0.500. The van der Waals surface area contributed by atoms with Gasteiger partial charge in [-0.1, -0.05) is 13.0 Å². The van der Waals surface area contributed by atoms with Crippen molar-refractivity contribution in [3.63, 3.8) is 0 Å². The predicted octanol–water partition coefficient (Wildman–Crippen LogP) is 2.34. The molecule has 1 N–H and O–H groups in total. The minimum absolute atomic E-state index is 0.138. The zero-order valence-electron chi connectivity index (χ0n) is 15.3. The molecular formula is C18H20F2N2O6. The van der Waals surface area contributed by atoms with Crippen LogP contribution >= 0.6 is 0 Å². The number of halogens is 2. The normalized spacial score (nSPS) is 22.6. The summed E-state index contributed by atoms with van der Waals surface area (Å²) in [4.78, 5) is 46.5. The van der Waals surface area contributed by atoms with Crippen LogP contribution in [0.5, 0.6) is 0 Å². The number of nitro groups is 1. The minimum atomic E-state index is -1.38. The fourth-order valence-electron chi connectivity index (χ4n) is 3.32. The van der Waals surface area contributed by atoms with Crippen molar-refractivity contribution in [2.45, 2.75) is 32.8 Å². The number of esters is 1. The van der Waals surface area contributed by atoms with E-state index in [1.807, 2.05) is 5.32 Å². The maximum absolute atomic E-state index is 13.6. The molecule has 0 aliphatic heterocycles. The molecule has 8 nitrogen and oxygen atoms in total. The van der Waals surface area contributed by atoms with Crippen molar-refractivity contribution in [2.75, 3.05) is 11.9 Å². The topological polar surface area (TPSA) is 116 Å². The van der Waals surface area contributed by atoms with Crippen LogP contribution in [0, 0.1) is 39.5 Å². The van der Waals surface area contributed by atoms with Crippen LogP contribution in [0.4, 0.5) is 14.5 Å². The van der Waals surface area contributed by atoms with Crippen molar-refractivity contribution in [3.05, 3.63) is 39.9 Å². The molecule has 1 saturated carbocycles. The smallest absolute Gasteiger partial charge is 0.307 e. The maximum Gasteiger partial charge on any atom is 0.307 e. The molecule has 0 heterocycles. The summed E-state index contributed by atoms with van der Waals surface area (Å²) >= 11 is 0. The minimum Gasteiger partial charge on any atom is -0.453 e. The Hall–Kier alpha value is -2.91. The average Bonchev–Trinajstić information content (AvgIpc) is 2.84. The van der Waals surface area contributed by atoms with E-state index < -0.39 is 65.0 Å². The highest BCUT2D eigenvalue weighted by molar-refractivity contribution is 5.95. The van der Waals surface area contributed by atoms with Crippen LogP contribution in [0.1, 0.15) is 26.7 Å². The molecule has 1 aromatic rings. The number of nitrogens with zero attached hydrogens (tertiary/aromatic N) is 1. The number of benzene rings is 1. The summed E-state index contributed by atoms with van der Waals surface area (Å²) in [6.07, 6.45) is -1.64. The van der Waals surface area contributed by atoms with Crippen LogP contribution in [-0.2, 0) is 19.1 Å². The molecule has 0 radical (unpaired) electrons. The molecule has 152 valence electrons. The van der Waals surface area contributed by atoms with E-state index in [2.05, 4.69) is 0 Å². The summed E-state index contributed by atoms with van der Waals surface area (Å²) in [6.45, 7) is 2.48. The van der Waals surface area contributed by atoms with Crippen molar-refractivity contribution < 1.29 is 32.8 Å². The number of hydrogen-bond acceptors (Lipinski definition) is 6. The van der Waals surface area contributed by atoms with Crippen molar-refractivity contribution in [3.8, 4) is 0 Å². The monoisotopic (exact) mass is 398 g/mol.